The van der Waals surface area contributed by atoms with Crippen molar-refractivity contribution in [3.63, 3.8) is 0 Å². The second-order valence-electron chi connectivity index (χ2n) is 2.61. The Kier molecular flexibility index (Phi) is 6.02. The van der Waals surface area contributed by atoms with Gasteiger partial charge in [-0.1, -0.05) is 0 Å². The summed E-state index contributed by atoms with van der Waals surface area (Å²) in [6.45, 7) is 5.18. The van der Waals surface area contributed by atoms with Crippen molar-refractivity contribution in [1.29, 1.82) is 5.26 Å². The maximum Gasteiger partial charge on any atom is 0.233 e. The van der Waals surface area contributed by atoms with Crippen LogP contribution in [0.1, 0.15) is 13.8 Å². The van der Waals surface area contributed by atoms with Gasteiger partial charge >= 0.3 is 0 Å². The van der Waals surface area contributed by atoms with E-state index in [4.69, 9.17) is 5.26 Å². The lowest BCUT2D eigenvalue weighted by Crippen LogP contribution is -2.35. The quantitative estimate of drug-likeness (QED) is 0.602. The average Bonchev–Trinajstić information content (AvgIpc) is 2.04. The maximum atomic E-state index is 10.9. The molecule has 1 amide bonds. The molecule has 0 aliphatic carbocycles. The molecule has 0 saturated heterocycles. The topological polar surface area (TPSA) is 64.9 Å². The molecule has 4 nitrogen and oxygen atoms in total. The van der Waals surface area contributed by atoms with Gasteiger partial charge in [0, 0.05) is 13.1 Å². The molecule has 12 heavy (non-hydrogen) atoms. The van der Waals surface area contributed by atoms with Crippen molar-refractivity contribution in [2.45, 2.75) is 13.8 Å². The van der Waals surface area contributed by atoms with E-state index in [1.54, 1.807) is 0 Å². The van der Waals surface area contributed by atoms with Crippen LogP contribution in [-0.2, 0) is 4.79 Å². The molecule has 0 heterocycles. The fourth-order valence-corrected chi connectivity index (χ4v) is 0.708. The number of hydrogen-bond acceptors (Lipinski definition) is 3. The lowest BCUT2D eigenvalue weighted by molar-refractivity contribution is -0.120. The number of nitrogens with zero attached hydrogens (tertiary/aromatic N) is 1. The van der Waals surface area contributed by atoms with Crippen LogP contribution in [0.5, 0.6) is 0 Å². The van der Waals surface area contributed by atoms with Gasteiger partial charge in [0.15, 0.2) is 0 Å². The van der Waals surface area contributed by atoms with E-state index in [-0.39, 0.29) is 11.8 Å². The number of hydrogen-bond donors (Lipinski definition) is 2. The zero-order valence-corrected chi connectivity index (χ0v) is 7.55. The van der Waals surface area contributed by atoms with Gasteiger partial charge in [-0.25, -0.2) is 0 Å². The third-order valence-electron chi connectivity index (χ3n) is 1.33. The van der Waals surface area contributed by atoms with E-state index in [1.807, 2.05) is 13.8 Å². The minimum absolute atomic E-state index is 0.0253. The van der Waals surface area contributed by atoms with E-state index in [2.05, 4.69) is 16.7 Å². The minimum Gasteiger partial charge on any atom is -0.355 e. The second kappa shape index (κ2) is 6.62. The van der Waals surface area contributed by atoms with Crippen molar-refractivity contribution < 1.29 is 4.79 Å². The molecule has 0 spiro atoms. The molecular weight excluding hydrogens is 154 g/mol. The van der Waals surface area contributed by atoms with Gasteiger partial charge < -0.3 is 10.6 Å². The van der Waals surface area contributed by atoms with Crippen LogP contribution in [0.25, 0.3) is 0 Å². The second-order valence-corrected chi connectivity index (χ2v) is 2.61. The van der Waals surface area contributed by atoms with Crippen LogP contribution in [0, 0.1) is 17.2 Å². The highest BCUT2D eigenvalue weighted by atomic mass is 16.1. The summed E-state index contributed by atoms with van der Waals surface area (Å²) in [7, 11) is 0. The Morgan fingerprint density at radius 2 is 2.33 bits per heavy atom. The Morgan fingerprint density at radius 1 is 1.67 bits per heavy atom. The Labute approximate surface area is 72.9 Å². The van der Waals surface area contributed by atoms with Crippen LogP contribution >= 0.6 is 0 Å². The van der Waals surface area contributed by atoms with Crippen LogP contribution in [0.15, 0.2) is 0 Å². The van der Waals surface area contributed by atoms with Gasteiger partial charge in [0.2, 0.25) is 5.91 Å². The number of nitriles is 1. The zero-order chi connectivity index (χ0) is 9.40. The van der Waals surface area contributed by atoms with Gasteiger partial charge in [0.1, 0.15) is 0 Å². The van der Waals surface area contributed by atoms with Crippen molar-refractivity contribution in [2.75, 3.05) is 19.6 Å². The molecule has 0 aromatic rings. The van der Waals surface area contributed by atoms with E-state index in [9.17, 15) is 4.79 Å². The van der Waals surface area contributed by atoms with Gasteiger partial charge in [-0.05, 0) is 13.8 Å². The molecule has 1 atom stereocenters. The third kappa shape index (κ3) is 5.69. The molecule has 2 N–H and O–H groups in total. The summed E-state index contributed by atoms with van der Waals surface area (Å²) in [5.41, 5.74) is 0. The molecule has 1 unspecified atom stereocenters. The highest BCUT2D eigenvalue weighted by Crippen LogP contribution is 1.86. The number of likely N-dealkylation sites (N-methyl/N-ethyl adjacent to an activating group) is 1. The minimum atomic E-state index is -0.0422. The van der Waals surface area contributed by atoms with E-state index >= 15 is 0 Å². The summed E-state index contributed by atoms with van der Waals surface area (Å²) < 4.78 is 0. The van der Waals surface area contributed by atoms with Crippen LogP contribution in [-0.4, -0.2) is 25.5 Å². The van der Waals surface area contributed by atoms with Gasteiger partial charge in [-0.15, -0.1) is 0 Å². The molecule has 0 aliphatic rings. The smallest absolute Gasteiger partial charge is 0.233 e. The lowest BCUT2D eigenvalue weighted by Gasteiger charge is -2.05. The summed E-state index contributed by atoms with van der Waals surface area (Å²) in [6, 6.07) is 2.08. The van der Waals surface area contributed by atoms with Crippen LogP contribution in [0.3, 0.4) is 0 Å². The van der Waals surface area contributed by atoms with Crippen LogP contribution in [0.4, 0.5) is 0 Å². The fraction of sp³-hybridized carbons (Fsp3) is 0.750. The number of rotatable bonds is 5. The molecule has 0 fully saturated rings. The van der Waals surface area contributed by atoms with Crippen molar-refractivity contribution in [3.05, 3.63) is 0 Å². The highest BCUT2D eigenvalue weighted by Gasteiger charge is 2.00. The molecule has 4 heteroatoms. The van der Waals surface area contributed by atoms with E-state index in [1.165, 1.54) is 0 Å². The third-order valence-corrected chi connectivity index (χ3v) is 1.33. The van der Waals surface area contributed by atoms with E-state index < -0.39 is 0 Å². The Balaban J connectivity index is 3.32. The molecule has 0 rings (SSSR count). The molecule has 0 bridgehead atoms. The lowest BCUT2D eigenvalue weighted by atomic mass is 10.2. The van der Waals surface area contributed by atoms with Crippen molar-refractivity contribution in [3.8, 4) is 6.07 Å². The van der Waals surface area contributed by atoms with Gasteiger partial charge in [-0.2, -0.15) is 5.26 Å². The number of nitrogens with one attached hydrogen (secondary N) is 2. The van der Waals surface area contributed by atoms with Gasteiger partial charge in [-0.3, -0.25) is 4.79 Å². The maximum absolute atomic E-state index is 10.9. The molecule has 0 saturated carbocycles. The van der Waals surface area contributed by atoms with Crippen molar-refractivity contribution >= 4 is 5.91 Å². The largest absolute Gasteiger partial charge is 0.355 e. The predicted molar refractivity (Wildman–Crippen MR) is 46.3 cm³/mol. The Morgan fingerprint density at radius 3 is 2.83 bits per heavy atom. The molecule has 0 aliphatic heterocycles. The van der Waals surface area contributed by atoms with E-state index in [0.717, 1.165) is 0 Å². The molecule has 0 aromatic carbocycles. The Hall–Kier alpha value is -1.08. The normalized spacial score (nSPS) is 11.8. The van der Waals surface area contributed by atoms with Crippen LogP contribution < -0.4 is 10.6 Å². The predicted octanol–water partition coefficient (Wildman–Crippen LogP) is -0.128. The molecule has 68 valence electrons. The summed E-state index contributed by atoms with van der Waals surface area (Å²) >= 11 is 0. The van der Waals surface area contributed by atoms with Crippen LogP contribution in [0.2, 0.25) is 0 Å². The molecule has 0 aromatic heterocycles. The highest BCUT2D eigenvalue weighted by molar-refractivity contribution is 5.77. The van der Waals surface area contributed by atoms with Gasteiger partial charge in [0.05, 0.1) is 18.5 Å². The van der Waals surface area contributed by atoms with Crippen molar-refractivity contribution in [1.82, 2.24) is 10.6 Å². The van der Waals surface area contributed by atoms with Crippen molar-refractivity contribution in [2.24, 2.45) is 5.92 Å². The Bertz CT molecular complexity index is 174. The first-order valence-corrected chi connectivity index (χ1v) is 4.07. The summed E-state index contributed by atoms with van der Waals surface area (Å²) in [5, 5.41) is 14.0. The first kappa shape index (κ1) is 10.9. The van der Waals surface area contributed by atoms with E-state index in [0.29, 0.717) is 19.6 Å². The molecular formula is C8H15N3O. The summed E-state index contributed by atoms with van der Waals surface area (Å²) in [5.74, 6) is -0.0675. The first-order chi connectivity index (χ1) is 5.70. The SMILES string of the molecule is CCNC(=O)CNCC(C)C#N. The average molecular weight is 169 g/mol. The molecule has 0 radical (unpaired) electrons. The van der Waals surface area contributed by atoms with Gasteiger partial charge in [0.25, 0.3) is 0 Å². The fourth-order valence-electron chi connectivity index (χ4n) is 0.708. The number of amides is 1. The summed E-state index contributed by atoms with van der Waals surface area (Å²) in [4.78, 5) is 10.9. The standard InChI is InChI=1S/C8H15N3O/c1-3-11-8(12)6-10-5-7(2)4-9/h7,10H,3,5-6H2,1-2H3,(H,11,12). The summed E-state index contributed by atoms with van der Waals surface area (Å²) in [6.07, 6.45) is 0. The number of carbonyl (C=O) groups excluding carboxylic acids is 1. The zero-order valence-electron chi connectivity index (χ0n) is 7.55. The monoisotopic (exact) mass is 169 g/mol. The first-order valence-electron chi connectivity index (χ1n) is 4.07. The number of carbonyl (C=O) groups is 1.